The Kier molecular flexibility index (Phi) is 6.11. The van der Waals surface area contributed by atoms with E-state index in [1.165, 1.54) is 30.4 Å². The van der Waals surface area contributed by atoms with Gasteiger partial charge in [-0.15, -0.1) is 11.6 Å². The molecule has 0 saturated heterocycles. The van der Waals surface area contributed by atoms with E-state index in [1.807, 2.05) is 6.26 Å². The number of rotatable bonds is 6. The third-order valence-electron chi connectivity index (χ3n) is 2.81. The second-order valence-electron chi connectivity index (χ2n) is 4.15. The first-order chi connectivity index (χ1) is 8.84. The lowest BCUT2D eigenvalue weighted by molar-refractivity contribution is 0.486. The maximum atomic E-state index is 13.7. The fraction of sp³-hybridized carbons (Fsp3) is 0.500. The Morgan fingerprint density at radius 3 is 2.58 bits per heavy atom. The first-order valence-corrected chi connectivity index (χ1v) is 9.01. The normalized spacial score (nSPS) is 12.1. The van der Waals surface area contributed by atoms with Crippen molar-refractivity contribution in [3.63, 3.8) is 0 Å². The number of sulfonamides is 1. The van der Waals surface area contributed by atoms with Crippen LogP contribution < -0.4 is 0 Å². The van der Waals surface area contributed by atoms with Crippen molar-refractivity contribution in [2.24, 2.45) is 0 Å². The molecule has 0 unspecified atom stereocenters. The van der Waals surface area contributed by atoms with E-state index in [1.54, 1.807) is 11.8 Å². The highest BCUT2D eigenvalue weighted by Gasteiger charge is 2.24. The molecule has 19 heavy (non-hydrogen) atoms. The molecule has 0 aliphatic carbocycles. The maximum Gasteiger partial charge on any atom is 0.243 e. The zero-order chi connectivity index (χ0) is 14.6. The Bertz CT molecular complexity index is 549. The number of hydrogen-bond donors (Lipinski definition) is 0. The Hall–Kier alpha value is -0.300. The minimum Gasteiger partial charge on any atom is -0.207 e. The van der Waals surface area contributed by atoms with E-state index in [9.17, 15) is 12.8 Å². The molecule has 1 rings (SSSR count). The van der Waals surface area contributed by atoms with Crippen LogP contribution in [0.4, 0.5) is 4.39 Å². The molecule has 0 spiro atoms. The molecule has 0 aromatic heterocycles. The number of nitrogens with zero attached hydrogens (tertiary/aromatic N) is 1. The van der Waals surface area contributed by atoms with Crippen molar-refractivity contribution in [2.75, 3.05) is 25.6 Å². The topological polar surface area (TPSA) is 37.4 Å². The minimum absolute atomic E-state index is 0.00764. The summed E-state index contributed by atoms with van der Waals surface area (Å²) in [7, 11) is -2.18. The van der Waals surface area contributed by atoms with Gasteiger partial charge in [-0.25, -0.2) is 17.1 Å². The largest absolute Gasteiger partial charge is 0.243 e. The van der Waals surface area contributed by atoms with Gasteiger partial charge in [-0.05, 0) is 30.9 Å². The average Bonchev–Trinajstić information content (AvgIpc) is 2.38. The van der Waals surface area contributed by atoms with E-state index in [-0.39, 0.29) is 16.3 Å². The molecule has 0 atom stereocenters. The summed E-state index contributed by atoms with van der Waals surface area (Å²) < 4.78 is 39.7. The van der Waals surface area contributed by atoms with Crippen molar-refractivity contribution in [1.82, 2.24) is 4.31 Å². The van der Waals surface area contributed by atoms with Crippen molar-refractivity contribution < 1.29 is 12.8 Å². The summed E-state index contributed by atoms with van der Waals surface area (Å²) >= 11 is 7.21. The Morgan fingerprint density at radius 1 is 1.42 bits per heavy atom. The van der Waals surface area contributed by atoms with Gasteiger partial charge >= 0.3 is 0 Å². The van der Waals surface area contributed by atoms with Crippen LogP contribution in [0.25, 0.3) is 0 Å². The molecule has 0 heterocycles. The van der Waals surface area contributed by atoms with Gasteiger partial charge in [0, 0.05) is 30.8 Å². The third kappa shape index (κ3) is 3.84. The van der Waals surface area contributed by atoms with Gasteiger partial charge in [0.15, 0.2) is 0 Å². The van der Waals surface area contributed by atoms with Crippen LogP contribution >= 0.6 is 23.4 Å². The molecular weight excluding hydrogens is 309 g/mol. The minimum atomic E-state index is -3.68. The predicted octanol–water partition coefficient (Wildman–Crippen LogP) is 2.86. The van der Waals surface area contributed by atoms with Gasteiger partial charge in [0.1, 0.15) is 5.82 Å². The summed E-state index contributed by atoms with van der Waals surface area (Å²) in [5.74, 6) is 0.218. The van der Waals surface area contributed by atoms with Gasteiger partial charge in [-0.3, -0.25) is 0 Å². The second-order valence-corrected chi connectivity index (χ2v) is 7.42. The van der Waals surface area contributed by atoms with E-state index < -0.39 is 15.8 Å². The standard InChI is InChI=1S/C12H17ClFNO2S2/c1-9-11(14)6-10(8-13)7-12(9)19(16,17)15(2)4-5-18-3/h6-7H,4-5,8H2,1-3H3. The van der Waals surface area contributed by atoms with Gasteiger partial charge < -0.3 is 0 Å². The summed E-state index contributed by atoms with van der Waals surface area (Å²) in [6.07, 6.45) is 1.90. The molecule has 0 aliphatic rings. The smallest absolute Gasteiger partial charge is 0.207 e. The Balaban J connectivity index is 3.24. The number of thioether (sulfide) groups is 1. The summed E-state index contributed by atoms with van der Waals surface area (Å²) in [4.78, 5) is -0.00764. The summed E-state index contributed by atoms with van der Waals surface area (Å²) in [5, 5.41) is 0. The van der Waals surface area contributed by atoms with Crippen molar-refractivity contribution in [1.29, 1.82) is 0 Å². The summed E-state index contributed by atoms with van der Waals surface area (Å²) in [5.41, 5.74) is 0.589. The lowest BCUT2D eigenvalue weighted by Crippen LogP contribution is -2.30. The SMILES string of the molecule is CSCCN(C)S(=O)(=O)c1cc(CCl)cc(F)c1C. The van der Waals surface area contributed by atoms with Gasteiger partial charge in [-0.2, -0.15) is 11.8 Å². The summed E-state index contributed by atoms with van der Waals surface area (Å²) in [6.45, 7) is 1.85. The number of halogens is 2. The van der Waals surface area contributed by atoms with Crippen LogP contribution in [0.5, 0.6) is 0 Å². The lowest BCUT2D eigenvalue weighted by Gasteiger charge is -2.19. The maximum absolute atomic E-state index is 13.7. The lowest BCUT2D eigenvalue weighted by atomic mass is 10.1. The van der Waals surface area contributed by atoms with Gasteiger partial charge in [0.25, 0.3) is 0 Å². The van der Waals surface area contributed by atoms with Crippen LogP contribution in [-0.2, 0) is 15.9 Å². The third-order valence-corrected chi connectivity index (χ3v) is 5.69. The molecule has 0 bridgehead atoms. The molecule has 0 radical (unpaired) electrons. The fourth-order valence-corrected chi connectivity index (χ4v) is 3.74. The highest BCUT2D eigenvalue weighted by molar-refractivity contribution is 7.98. The summed E-state index contributed by atoms with van der Waals surface area (Å²) in [6, 6.07) is 2.71. The van der Waals surface area contributed by atoms with E-state index >= 15 is 0 Å². The zero-order valence-electron chi connectivity index (χ0n) is 11.1. The Labute approximate surface area is 123 Å². The van der Waals surface area contributed by atoms with Crippen molar-refractivity contribution in [3.05, 3.63) is 29.1 Å². The highest BCUT2D eigenvalue weighted by atomic mass is 35.5. The van der Waals surface area contributed by atoms with Crippen LogP contribution in [0.2, 0.25) is 0 Å². The number of hydrogen-bond acceptors (Lipinski definition) is 3. The molecule has 108 valence electrons. The van der Waals surface area contributed by atoms with Crippen LogP contribution in [0, 0.1) is 12.7 Å². The van der Waals surface area contributed by atoms with Gasteiger partial charge in [-0.1, -0.05) is 0 Å². The fourth-order valence-electron chi connectivity index (χ4n) is 1.56. The molecule has 0 aliphatic heterocycles. The first-order valence-electron chi connectivity index (χ1n) is 5.64. The van der Waals surface area contributed by atoms with E-state index in [2.05, 4.69) is 0 Å². The molecule has 1 aromatic carbocycles. The van der Waals surface area contributed by atoms with Crippen LogP contribution in [0.1, 0.15) is 11.1 Å². The van der Waals surface area contributed by atoms with Crippen molar-refractivity contribution in [3.8, 4) is 0 Å². The molecule has 1 aromatic rings. The molecule has 0 fully saturated rings. The molecule has 7 heteroatoms. The van der Waals surface area contributed by atoms with Crippen LogP contribution in [-0.4, -0.2) is 38.3 Å². The molecular formula is C12H17ClFNO2S2. The van der Waals surface area contributed by atoms with Crippen molar-refractivity contribution >= 4 is 33.4 Å². The van der Waals surface area contributed by atoms with E-state index in [4.69, 9.17) is 11.6 Å². The van der Waals surface area contributed by atoms with Crippen LogP contribution in [0.15, 0.2) is 17.0 Å². The molecule has 0 amide bonds. The zero-order valence-corrected chi connectivity index (χ0v) is 13.5. The van der Waals surface area contributed by atoms with Gasteiger partial charge in [0.2, 0.25) is 10.0 Å². The molecule has 0 saturated carbocycles. The molecule has 0 N–H and O–H groups in total. The molecule has 3 nitrogen and oxygen atoms in total. The quantitative estimate of drug-likeness (QED) is 0.755. The second kappa shape index (κ2) is 6.92. The number of alkyl halides is 1. The van der Waals surface area contributed by atoms with E-state index in [0.717, 1.165) is 0 Å². The average molecular weight is 326 g/mol. The van der Waals surface area contributed by atoms with E-state index in [0.29, 0.717) is 17.9 Å². The monoisotopic (exact) mass is 325 g/mol. The van der Waals surface area contributed by atoms with Gasteiger partial charge in [0.05, 0.1) is 4.90 Å². The highest BCUT2D eigenvalue weighted by Crippen LogP contribution is 2.24. The first kappa shape index (κ1) is 16.8. The number of benzene rings is 1. The van der Waals surface area contributed by atoms with Crippen LogP contribution in [0.3, 0.4) is 0 Å². The predicted molar refractivity (Wildman–Crippen MR) is 78.9 cm³/mol. The van der Waals surface area contributed by atoms with Crippen molar-refractivity contribution in [2.45, 2.75) is 17.7 Å². The Morgan fingerprint density at radius 2 is 2.05 bits per heavy atom.